The highest BCUT2D eigenvalue weighted by Gasteiger charge is 2.35. The highest BCUT2D eigenvalue weighted by Crippen LogP contribution is 2.30. The molecule has 1 fully saturated rings. The molecule has 0 spiro atoms. The van der Waals surface area contributed by atoms with Gasteiger partial charge in [0, 0.05) is 11.9 Å². The SMILES string of the molecule is O=S1(=O)CCC1CNc1ncnc2[nH]c3cc(F)ccc3c12. The number of benzene rings is 1. The fourth-order valence-corrected chi connectivity index (χ4v) is 4.04. The molecule has 1 unspecified atom stereocenters. The van der Waals surface area contributed by atoms with Crippen LogP contribution >= 0.6 is 0 Å². The minimum Gasteiger partial charge on any atom is -0.368 e. The van der Waals surface area contributed by atoms with Crippen molar-refractivity contribution in [3.63, 3.8) is 0 Å². The molecule has 0 radical (unpaired) electrons. The molecule has 4 rings (SSSR count). The van der Waals surface area contributed by atoms with Crippen LogP contribution in [0, 0.1) is 5.82 Å². The highest BCUT2D eigenvalue weighted by atomic mass is 32.2. The van der Waals surface area contributed by atoms with E-state index < -0.39 is 9.84 Å². The zero-order valence-electron chi connectivity index (χ0n) is 11.5. The summed E-state index contributed by atoms with van der Waals surface area (Å²) in [4.78, 5) is 11.4. The molecule has 0 amide bonds. The number of nitrogens with one attached hydrogen (secondary N) is 2. The van der Waals surface area contributed by atoms with Crippen LogP contribution in [0.5, 0.6) is 0 Å². The molecular weight excluding hydrogens is 307 g/mol. The summed E-state index contributed by atoms with van der Waals surface area (Å²) in [6.45, 7) is 0.322. The number of hydrogen-bond acceptors (Lipinski definition) is 5. The second-order valence-electron chi connectivity index (χ2n) is 5.42. The zero-order valence-corrected chi connectivity index (χ0v) is 12.3. The van der Waals surface area contributed by atoms with Gasteiger partial charge in [0.15, 0.2) is 9.84 Å². The molecule has 3 aromatic rings. The van der Waals surface area contributed by atoms with Crippen LogP contribution in [0.2, 0.25) is 0 Å². The summed E-state index contributed by atoms with van der Waals surface area (Å²) in [5, 5.41) is 4.28. The number of sulfone groups is 1. The maximum Gasteiger partial charge on any atom is 0.154 e. The minimum absolute atomic E-state index is 0.255. The van der Waals surface area contributed by atoms with Gasteiger partial charge in [-0.3, -0.25) is 0 Å². The van der Waals surface area contributed by atoms with Gasteiger partial charge in [-0.25, -0.2) is 22.8 Å². The molecule has 0 aliphatic carbocycles. The van der Waals surface area contributed by atoms with Gasteiger partial charge in [0.25, 0.3) is 0 Å². The van der Waals surface area contributed by atoms with E-state index in [1.165, 1.54) is 18.5 Å². The van der Waals surface area contributed by atoms with E-state index in [4.69, 9.17) is 0 Å². The topological polar surface area (TPSA) is 87.7 Å². The van der Waals surface area contributed by atoms with E-state index in [1.807, 2.05) is 0 Å². The predicted octanol–water partition coefficient (Wildman–Crippen LogP) is 1.85. The molecule has 8 heteroatoms. The van der Waals surface area contributed by atoms with Crippen molar-refractivity contribution in [1.82, 2.24) is 15.0 Å². The second kappa shape index (κ2) is 4.64. The van der Waals surface area contributed by atoms with Gasteiger partial charge in [-0.2, -0.15) is 0 Å². The molecule has 2 N–H and O–H groups in total. The monoisotopic (exact) mass is 320 g/mol. The number of aromatic amines is 1. The van der Waals surface area contributed by atoms with Gasteiger partial charge in [-0.1, -0.05) is 0 Å². The lowest BCUT2D eigenvalue weighted by atomic mass is 10.2. The largest absolute Gasteiger partial charge is 0.368 e. The molecule has 1 aliphatic heterocycles. The Morgan fingerprint density at radius 3 is 2.95 bits per heavy atom. The standard InChI is InChI=1S/C14H13FN4O2S/c15-8-1-2-10-11(5-8)19-14-12(10)13(17-7-18-14)16-6-9-3-4-22(9,20)21/h1-2,5,7,9H,3-4,6H2,(H2,16,17,18,19). The summed E-state index contributed by atoms with van der Waals surface area (Å²) >= 11 is 0. The molecule has 22 heavy (non-hydrogen) atoms. The van der Waals surface area contributed by atoms with Gasteiger partial charge in [-0.15, -0.1) is 0 Å². The zero-order chi connectivity index (χ0) is 15.3. The van der Waals surface area contributed by atoms with Crippen LogP contribution in [0.15, 0.2) is 24.5 Å². The quantitative estimate of drug-likeness (QED) is 0.769. The van der Waals surface area contributed by atoms with Gasteiger partial charge in [0.05, 0.1) is 21.9 Å². The van der Waals surface area contributed by atoms with E-state index in [9.17, 15) is 12.8 Å². The number of hydrogen-bond donors (Lipinski definition) is 2. The third-order valence-electron chi connectivity index (χ3n) is 4.08. The number of halogens is 1. The Morgan fingerprint density at radius 2 is 2.23 bits per heavy atom. The van der Waals surface area contributed by atoms with E-state index >= 15 is 0 Å². The van der Waals surface area contributed by atoms with E-state index in [0.717, 1.165) is 10.8 Å². The lowest BCUT2D eigenvalue weighted by Crippen LogP contribution is -2.41. The number of nitrogens with zero attached hydrogens (tertiary/aromatic N) is 2. The van der Waals surface area contributed by atoms with Crippen molar-refractivity contribution in [3.8, 4) is 0 Å². The van der Waals surface area contributed by atoms with Crippen LogP contribution in [0.3, 0.4) is 0 Å². The van der Waals surface area contributed by atoms with Crippen LogP contribution < -0.4 is 5.32 Å². The first-order valence-electron chi connectivity index (χ1n) is 6.92. The molecule has 1 atom stereocenters. The van der Waals surface area contributed by atoms with Crippen LogP contribution in [0.4, 0.5) is 10.2 Å². The number of H-pyrrole nitrogens is 1. The summed E-state index contributed by atoms with van der Waals surface area (Å²) in [6.07, 6.45) is 2.06. The van der Waals surface area contributed by atoms with Crippen molar-refractivity contribution in [1.29, 1.82) is 0 Å². The predicted molar refractivity (Wildman–Crippen MR) is 82.0 cm³/mol. The van der Waals surface area contributed by atoms with Crippen LogP contribution in [0.1, 0.15) is 6.42 Å². The van der Waals surface area contributed by atoms with Crippen LogP contribution in [-0.4, -0.2) is 40.9 Å². The molecule has 1 saturated heterocycles. The Labute approximate surface area is 125 Å². The molecule has 1 aliphatic rings. The molecule has 0 saturated carbocycles. The molecule has 3 heterocycles. The Balaban J connectivity index is 1.75. The molecule has 1 aromatic carbocycles. The fourth-order valence-electron chi connectivity index (χ4n) is 2.75. The average Bonchev–Trinajstić information content (AvgIpc) is 2.84. The maximum absolute atomic E-state index is 13.3. The number of fused-ring (bicyclic) bond motifs is 3. The molecule has 0 bridgehead atoms. The average molecular weight is 320 g/mol. The summed E-state index contributed by atoms with van der Waals surface area (Å²) in [6, 6.07) is 4.44. The van der Waals surface area contributed by atoms with Crippen LogP contribution in [0.25, 0.3) is 21.9 Å². The highest BCUT2D eigenvalue weighted by molar-refractivity contribution is 7.93. The van der Waals surface area contributed by atoms with Gasteiger partial charge in [0.1, 0.15) is 23.6 Å². The van der Waals surface area contributed by atoms with Crippen molar-refractivity contribution in [2.24, 2.45) is 0 Å². The maximum atomic E-state index is 13.3. The molecular formula is C14H13FN4O2S. The summed E-state index contributed by atoms with van der Waals surface area (Å²) in [5.74, 6) is 0.484. The van der Waals surface area contributed by atoms with Crippen molar-refractivity contribution in [2.75, 3.05) is 17.6 Å². The summed E-state index contributed by atoms with van der Waals surface area (Å²) < 4.78 is 36.5. The molecule has 6 nitrogen and oxygen atoms in total. The van der Waals surface area contributed by atoms with Crippen molar-refractivity contribution >= 4 is 37.6 Å². The molecule has 2 aromatic heterocycles. The number of anilines is 1. The second-order valence-corrected chi connectivity index (χ2v) is 7.82. The summed E-state index contributed by atoms with van der Waals surface area (Å²) in [7, 11) is -2.94. The van der Waals surface area contributed by atoms with Crippen molar-refractivity contribution in [3.05, 3.63) is 30.3 Å². The van der Waals surface area contributed by atoms with E-state index in [0.29, 0.717) is 29.9 Å². The van der Waals surface area contributed by atoms with Gasteiger partial charge in [0.2, 0.25) is 0 Å². The van der Waals surface area contributed by atoms with Crippen LogP contribution in [-0.2, 0) is 9.84 Å². The van der Waals surface area contributed by atoms with Crippen molar-refractivity contribution in [2.45, 2.75) is 11.7 Å². The number of rotatable bonds is 3. The Hall–Kier alpha value is -2.22. The third-order valence-corrected chi connectivity index (χ3v) is 6.30. The van der Waals surface area contributed by atoms with Gasteiger partial charge >= 0.3 is 0 Å². The third kappa shape index (κ3) is 2.02. The smallest absolute Gasteiger partial charge is 0.154 e. The lowest BCUT2D eigenvalue weighted by molar-refractivity contribution is 0.552. The lowest BCUT2D eigenvalue weighted by Gasteiger charge is -2.26. The van der Waals surface area contributed by atoms with E-state index in [-0.39, 0.29) is 16.8 Å². The van der Waals surface area contributed by atoms with Gasteiger partial charge < -0.3 is 10.3 Å². The minimum atomic E-state index is -2.94. The molecule has 114 valence electrons. The van der Waals surface area contributed by atoms with E-state index in [2.05, 4.69) is 20.3 Å². The Morgan fingerprint density at radius 1 is 1.36 bits per heavy atom. The summed E-state index contributed by atoms with van der Waals surface area (Å²) in [5.41, 5.74) is 1.23. The first-order valence-corrected chi connectivity index (χ1v) is 8.63. The fraction of sp³-hybridized carbons (Fsp3) is 0.286. The van der Waals surface area contributed by atoms with Crippen molar-refractivity contribution < 1.29 is 12.8 Å². The number of aromatic nitrogens is 3. The van der Waals surface area contributed by atoms with Gasteiger partial charge in [-0.05, 0) is 24.6 Å². The Bertz CT molecular complexity index is 983. The van der Waals surface area contributed by atoms with E-state index in [1.54, 1.807) is 6.07 Å². The first-order chi connectivity index (χ1) is 10.5. The normalized spacial score (nSPS) is 20.1. The Kier molecular flexibility index (Phi) is 2.83. The first kappa shape index (κ1) is 13.4.